The third-order valence-electron chi connectivity index (χ3n) is 5.72. The van der Waals surface area contributed by atoms with Crippen LogP contribution in [0.25, 0.3) is 11.1 Å². The Balaban J connectivity index is 1.50. The van der Waals surface area contributed by atoms with Gasteiger partial charge in [0.15, 0.2) is 0 Å². The molecule has 3 aromatic rings. The highest BCUT2D eigenvalue weighted by molar-refractivity contribution is 5.70. The number of aliphatic hydroxyl groups excluding tert-OH is 1. The molecule has 0 amide bonds. The van der Waals surface area contributed by atoms with E-state index in [-0.39, 0.29) is 5.92 Å². The molecule has 7 heteroatoms. The van der Waals surface area contributed by atoms with Gasteiger partial charge in [-0.25, -0.2) is 0 Å². The molecule has 32 heavy (non-hydrogen) atoms. The fourth-order valence-electron chi connectivity index (χ4n) is 3.76. The molecule has 1 aliphatic heterocycles. The van der Waals surface area contributed by atoms with E-state index in [0.29, 0.717) is 31.3 Å². The first-order valence-electron chi connectivity index (χ1n) is 11.0. The minimum absolute atomic E-state index is 0.105. The molecule has 0 fully saturated rings. The van der Waals surface area contributed by atoms with Crippen molar-refractivity contribution in [3.8, 4) is 28.4 Å². The summed E-state index contributed by atoms with van der Waals surface area (Å²) in [6.07, 6.45) is 4.48. The van der Waals surface area contributed by atoms with Gasteiger partial charge in [-0.05, 0) is 60.2 Å². The first-order valence-corrected chi connectivity index (χ1v) is 11.0. The third-order valence-corrected chi connectivity index (χ3v) is 5.72. The standard InChI is InChI=1S/C25H31N3O4/c1-16(2)8-9-31-24-12-17(20-13-26-27-14-20)4-6-22(24)28-25(29)19-10-18-11-21(30-3)5-7-23(18)32-15-19/h4-7,11-14,16,19,25,28-29H,8-10,15H2,1-3H3,(H,26,27). The van der Waals surface area contributed by atoms with Gasteiger partial charge in [0.1, 0.15) is 23.5 Å². The lowest BCUT2D eigenvalue weighted by Crippen LogP contribution is -2.36. The van der Waals surface area contributed by atoms with E-state index in [1.807, 2.05) is 42.6 Å². The summed E-state index contributed by atoms with van der Waals surface area (Å²) in [5, 5.41) is 21.1. The van der Waals surface area contributed by atoms with Gasteiger partial charge in [-0.1, -0.05) is 19.9 Å². The van der Waals surface area contributed by atoms with Crippen molar-refractivity contribution in [3.05, 3.63) is 54.4 Å². The fourth-order valence-corrected chi connectivity index (χ4v) is 3.76. The number of benzene rings is 2. The second-order valence-corrected chi connectivity index (χ2v) is 8.57. The number of fused-ring (bicyclic) bond motifs is 1. The number of hydrogen-bond donors (Lipinski definition) is 3. The van der Waals surface area contributed by atoms with Crippen LogP contribution in [-0.4, -0.2) is 41.9 Å². The lowest BCUT2D eigenvalue weighted by Gasteiger charge is -2.30. The average molecular weight is 438 g/mol. The Morgan fingerprint density at radius 3 is 2.84 bits per heavy atom. The molecule has 170 valence electrons. The number of methoxy groups -OCH3 is 1. The van der Waals surface area contributed by atoms with Crippen LogP contribution in [0.15, 0.2) is 48.8 Å². The SMILES string of the molecule is COc1ccc2c(c1)CC(C(O)Nc1ccc(-c3cn[nH]c3)cc1OCCC(C)C)CO2. The van der Waals surface area contributed by atoms with E-state index in [1.54, 1.807) is 13.3 Å². The maximum Gasteiger partial charge on any atom is 0.143 e. The molecule has 2 aromatic carbocycles. The van der Waals surface area contributed by atoms with Crippen molar-refractivity contribution in [2.45, 2.75) is 32.9 Å². The lowest BCUT2D eigenvalue weighted by molar-refractivity contribution is 0.0842. The number of H-pyrrole nitrogens is 1. The summed E-state index contributed by atoms with van der Waals surface area (Å²) in [7, 11) is 1.65. The topological polar surface area (TPSA) is 88.6 Å². The van der Waals surface area contributed by atoms with Gasteiger partial charge in [-0.3, -0.25) is 5.10 Å². The van der Waals surface area contributed by atoms with E-state index in [1.165, 1.54) is 0 Å². The fraction of sp³-hybridized carbons (Fsp3) is 0.400. The van der Waals surface area contributed by atoms with Gasteiger partial charge in [0.2, 0.25) is 0 Å². The minimum Gasteiger partial charge on any atom is -0.497 e. The van der Waals surface area contributed by atoms with Crippen molar-refractivity contribution in [2.24, 2.45) is 11.8 Å². The summed E-state index contributed by atoms with van der Waals surface area (Å²) in [6, 6.07) is 11.7. The predicted molar refractivity (Wildman–Crippen MR) is 124 cm³/mol. The molecule has 0 aliphatic carbocycles. The molecule has 3 N–H and O–H groups in total. The molecular weight excluding hydrogens is 406 g/mol. The highest BCUT2D eigenvalue weighted by atomic mass is 16.5. The molecule has 2 heterocycles. The van der Waals surface area contributed by atoms with Crippen molar-refractivity contribution < 1.29 is 19.3 Å². The van der Waals surface area contributed by atoms with E-state index >= 15 is 0 Å². The van der Waals surface area contributed by atoms with Crippen LogP contribution < -0.4 is 19.5 Å². The number of anilines is 1. The number of ether oxygens (including phenoxy) is 3. The second-order valence-electron chi connectivity index (χ2n) is 8.57. The zero-order valence-corrected chi connectivity index (χ0v) is 18.8. The van der Waals surface area contributed by atoms with Crippen LogP contribution in [0.4, 0.5) is 5.69 Å². The minimum atomic E-state index is -0.790. The molecule has 7 nitrogen and oxygen atoms in total. The van der Waals surface area contributed by atoms with E-state index in [4.69, 9.17) is 14.2 Å². The third kappa shape index (κ3) is 5.16. The Bertz CT molecular complexity index is 1020. The van der Waals surface area contributed by atoms with Gasteiger partial charge in [0.25, 0.3) is 0 Å². The lowest BCUT2D eigenvalue weighted by atomic mass is 9.95. The number of aromatic nitrogens is 2. The quantitative estimate of drug-likeness (QED) is 0.428. The summed E-state index contributed by atoms with van der Waals surface area (Å²) < 4.78 is 17.3. The van der Waals surface area contributed by atoms with Crippen molar-refractivity contribution in [2.75, 3.05) is 25.6 Å². The van der Waals surface area contributed by atoms with E-state index in [9.17, 15) is 5.11 Å². The number of aromatic amines is 1. The molecule has 0 radical (unpaired) electrons. The van der Waals surface area contributed by atoms with E-state index in [0.717, 1.165) is 40.3 Å². The predicted octanol–water partition coefficient (Wildman–Crippen LogP) is 4.49. The van der Waals surface area contributed by atoms with Crippen molar-refractivity contribution >= 4 is 5.69 Å². The normalized spacial score (nSPS) is 16.2. The number of nitrogens with one attached hydrogen (secondary N) is 2. The summed E-state index contributed by atoms with van der Waals surface area (Å²) in [5.74, 6) is 2.78. The average Bonchev–Trinajstić information content (AvgIpc) is 3.34. The van der Waals surface area contributed by atoms with Gasteiger partial charge < -0.3 is 24.6 Å². The molecule has 0 saturated heterocycles. The first kappa shape index (κ1) is 22.0. The van der Waals surface area contributed by atoms with E-state index in [2.05, 4.69) is 29.4 Å². The van der Waals surface area contributed by atoms with Crippen molar-refractivity contribution in [1.29, 1.82) is 0 Å². The van der Waals surface area contributed by atoms with Crippen LogP contribution >= 0.6 is 0 Å². The maximum atomic E-state index is 11.0. The van der Waals surface area contributed by atoms with Crippen LogP contribution in [0.5, 0.6) is 17.2 Å². The highest BCUT2D eigenvalue weighted by Gasteiger charge is 2.27. The van der Waals surface area contributed by atoms with Crippen LogP contribution in [0.1, 0.15) is 25.8 Å². The van der Waals surface area contributed by atoms with Crippen LogP contribution in [0.2, 0.25) is 0 Å². The van der Waals surface area contributed by atoms with Gasteiger partial charge >= 0.3 is 0 Å². The molecule has 4 rings (SSSR count). The Morgan fingerprint density at radius 1 is 1.22 bits per heavy atom. The molecule has 0 spiro atoms. The zero-order valence-electron chi connectivity index (χ0n) is 18.8. The number of aliphatic hydroxyl groups is 1. The van der Waals surface area contributed by atoms with Crippen LogP contribution in [0, 0.1) is 11.8 Å². The molecule has 1 aliphatic rings. The molecular formula is C25H31N3O4. The summed E-state index contributed by atoms with van der Waals surface area (Å²) >= 11 is 0. The first-order chi connectivity index (χ1) is 15.5. The maximum absolute atomic E-state index is 11.0. The largest absolute Gasteiger partial charge is 0.497 e. The monoisotopic (exact) mass is 437 g/mol. The number of hydrogen-bond acceptors (Lipinski definition) is 6. The van der Waals surface area contributed by atoms with Gasteiger partial charge in [-0.15, -0.1) is 0 Å². The Hall–Kier alpha value is -3.19. The van der Waals surface area contributed by atoms with Crippen molar-refractivity contribution in [1.82, 2.24) is 10.2 Å². The summed E-state index contributed by atoms with van der Waals surface area (Å²) in [4.78, 5) is 0. The number of rotatable bonds is 9. The van der Waals surface area contributed by atoms with Crippen molar-refractivity contribution in [3.63, 3.8) is 0 Å². The molecule has 0 saturated carbocycles. The highest BCUT2D eigenvalue weighted by Crippen LogP contribution is 2.35. The van der Waals surface area contributed by atoms with Gasteiger partial charge in [-0.2, -0.15) is 5.10 Å². The molecule has 2 atom stereocenters. The van der Waals surface area contributed by atoms with Gasteiger partial charge in [0.05, 0.1) is 32.2 Å². The Labute approximate surface area is 188 Å². The van der Waals surface area contributed by atoms with Crippen LogP contribution in [0.3, 0.4) is 0 Å². The van der Waals surface area contributed by atoms with Gasteiger partial charge in [0, 0.05) is 17.7 Å². The Kier molecular flexibility index (Phi) is 6.85. The second kappa shape index (κ2) is 9.96. The Morgan fingerprint density at radius 2 is 2.09 bits per heavy atom. The molecule has 1 aromatic heterocycles. The summed E-state index contributed by atoms with van der Waals surface area (Å²) in [6.45, 7) is 5.38. The van der Waals surface area contributed by atoms with Crippen LogP contribution in [-0.2, 0) is 6.42 Å². The summed E-state index contributed by atoms with van der Waals surface area (Å²) in [5.41, 5.74) is 3.77. The molecule has 0 bridgehead atoms. The van der Waals surface area contributed by atoms with E-state index < -0.39 is 6.23 Å². The smallest absolute Gasteiger partial charge is 0.143 e. The number of nitrogens with zero attached hydrogens (tertiary/aromatic N) is 1. The zero-order chi connectivity index (χ0) is 22.5. The molecule has 2 unspecified atom stereocenters.